The zero-order valence-corrected chi connectivity index (χ0v) is 10.8. The summed E-state index contributed by atoms with van der Waals surface area (Å²) in [6, 6.07) is 10.2. The molecule has 0 aliphatic rings. The van der Waals surface area contributed by atoms with E-state index < -0.39 is 11.9 Å². The molecule has 0 saturated carbocycles. The third kappa shape index (κ3) is 4.89. The molecule has 6 heteroatoms. The van der Waals surface area contributed by atoms with Crippen LogP contribution in [0.3, 0.4) is 0 Å². The Morgan fingerprint density at radius 3 is 2.44 bits per heavy atom. The van der Waals surface area contributed by atoms with Crippen molar-refractivity contribution in [3.05, 3.63) is 30.3 Å². The van der Waals surface area contributed by atoms with Gasteiger partial charge in [-0.15, -0.1) is 0 Å². The van der Waals surface area contributed by atoms with E-state index in [0.29, 0.717) is 5.69 Å². The van der Waals surface area contributed by atoms with Crippen LogP contribution in [-0.2, 0) is 9.74 Å². The van der Waals surface area contributed by atoms with Gasteiger partial charge in [0.1, 0.15) is 4.99 Å². The summed E-state index contributed by atoms with van der Waals surface area (Å²) in [7, 11) is 0. The second-order valence-corrected chi connectivity index (χ2v) is 3.25. The molecule has 0 heterocycles. The molecule has 1 rings (SSSR count). The number of nitrogens with zero attached hydrogens (tertiary/aromatic N) is 1. The van der Waals surface area contributed by atoms with E-state index in [2.05, 4.69) is 10.3 Å². The highest BCUT2D eigenvalue weighted by molar-refractivity contribution is 7.80. The van der Waals surface area contributed by atoms with Crippen molar-refractivity contribution >= 4 is 28.9 Å². The molecule has 0 amide bonds. The van der Waals surface area contributed by atoms with Crippen LogP contribution in [0.2, 0.25) is 0 Å². The summed E-state index contributed by atoms with van der Waals surface area (Å²) in [5, 5.41) is 11.3. The Morgan fingerprint density at radius 1 is 1.44 bits per heavy atom. The minimum atomic E-state index is -1.44. The van der Waals surface area contributed by atoms with Crippen LogP contribution in [0.4, 0.5) is 10.2 Å². The minimum Gasteiger partial charge on any atom is -0.348 e. The van der Waals surface area contributed by atoms with Crippen molar-refractivity contribution in [2.45, 2.75) is 13.8 Å². The smallest absolute Gasteiger partial charge is 0.348 e. The second-order valence-electron chi connectivity index (χ2n) is 2.81. The van der Waals surface area contributed by atoms with E-state index >= 15 is 0 Å². The fourth-order valence-electron chi connectivity index (χ4n) is 0.999. The maximum absolute atomic E-state index is 11.6. The maximum Gasteiger partial charge on any atom is 0.372 e. The van der Waals surface area contributed by atoms with Crippen molar-refractivity contribution in [3.63, 3.8) is 0 Å². The van der Waals surface area contributed by atoms with Gasteiger partial charge < -0.3 is 5.32 Å². The van der Waals surface area contributed by atoms with Crippen molar-refractivity contribution in [1.82, 2.24) is 0 Å². The van der Waals surface area contributed by atoms with Crippen molar-refractivity contribution in [2.24, 2.45) is 5.92 Å². The molecule has 0 spiro atoms. The first kappa shape index (κ1) is 16.0. The Kier molecular flexibility index (Phi) is 8.07. The molecule has 0 bridgehead atoms. The van der Waals surface area contributed by atoms with Gasteiger partial charge in [-0.2, -0.15) is 5.26 Å². The van der Waals surface area contributed by atoms with Gasteiger partial charge in [-0.1, -0.05) is 44.3 Å². The molecule has 0 saturated heterocycles. The molecule has 1 unspecified atom stereocenters. The molecular weight excluding hydrogens is 255 g/mol. The summed E-state index contributed by atoms with van der Waals surface area (Å²) >= 11 is 4.80. The molecule has 0 aliphatic heterocycles. The van der Waals surface area contributed by atoms with E-state index in [1.807, 2.05) is 13.8 Å². The number of thiocarbonyl (C=S) groups is 1. The number of nitriles is 1. The van der Waals surface area contributed by atoms with E-state index in [4.69, 9.17) is 17.5 Å². The number of hydrogen-bond acceptors (Lipinski definition) is 4. The third-order valence-electron chi connectivity index (χ3n) is 1.74. The van der Waals surface area contributed by atoms with Crippen LogP contribution < -0.4 is 5.32 Å². The average molecular weight is 268 g/mol. The normalized spacial score (nSPS) is 10.1. The summed E-state index contributed by atoms with van der Waals surface area (Å²) in [6.07, 6.45) is 0. The van der Waals surface area contributed by atoms with Crippen molar-refractivity contribution in [2.75, 3.05) is 5.32 Å². The van der Waals surface area contributed by atoms with Crippen LogP contribution >= 0.6 is 12.2 Å². The number of hydrogen-bond donors (Lipinski definition) is 1. The summed E-state index contributed by atoms with van der Waals surface area (Å²) in [4.78, 5) is 13.7. The number of carbonyl (C=O) groups excluding carboxylic acids is 1. The Balaban J connectivity index is 0.00000137. The van der Waals surface area contributed by atoms with Gasteiger partial charge in [0.25, 0.3) is 0 Å². The lowest BCUT2D eigenvalue weighted by molar-refractivity contribution is -0.184. The van der Waals surface area contributed by atoms with E-state index in [1.165, 1.54) is 0 Å². The number of nitrogens with one attached hydrogen (secondary N) is 1. The molecule has 1 aromatic rings. The van der Waals surface area contributed by atoms with Gasteiger partial charge in [0.05, 0.1) is 6.07 Å². The number of rotatable bonds is 3. The van der Waals surface area contributed by atoms with Gasteiger partial charge in [-0.05, 0) is 12.1 Å². The highest BCUT2D eigenvalue weighted by Crippen LogP contribution is 2.10. The quantitative estimate of drug-likeness (QED) is 0.854. The summed E-state index contributed by atoms with van der Waals surface area (Å²) in [5.41, 5.74) is 0.611. The summed E-state index contributed by atoms with van der Waals surface area (Å²) in [6.45, 7) is 4.00. The molecule has 4 nitrogen and oxygen atoms in total. The first-order chi connectivity index (χ1) is 8.69. The predicted octanol–water partition coefficient (Wildman–Crippen LogP) is 3.02. The molecule has 0 radical (unpaired) electrons. The highest BCUT2D eigenvalue weighted by atomic mass is 32.1. The average Bonchev–Trinajstić information content (AvgIpc) is 2.42. The molecular formula is C12H13FN2O2S. The van der Waals surface area contributed by atoms with Gasteiger partial charge >= 0.3 is 5.97 Å². The number of halogens is 1. The molecule has 96 valence electrons. The second kappa shape index (κ2) is 9.07. The first-order valence-corrected chi connectivity index (χ1v) is 5.68. The van der Waals surface area contributed by atoms with Crippen molar-refractivity contribution in [1.29, 1.82) is 5.26 Å². The maximum atomic E-state index is 11.6. The number of benzene rings is 1. The SMILES string of the molecule is CC.N#CC(C(=O)OF)C(=S)Nc1ccccc1. The van der Waals surface area contributed by atoms with Crippen LogP contribution in [-0.4, -0.2) is 11.0 Å². The number of para-hydroxylation sites is 1. The Morgan fingerprint density at radius 2 is 2.00 bits per heavy atom. The lowest BCUT2D eigenvalue weighted by Gasteiger charge is -2.09. The van der Waals surface area contributed by atoms with Gasteiger partial charge in [0.2, 0.25) is 0 Å². The molecule has 0 fully saturated rings. The van der Waals surface area contributed by atoms with Gasteiger partial charge in [0.15, 0.2) is 5.92 Å². The van der Waals surface area contributed by atoms with Crippen LogP contribution in [0, 0.1) is 17.2 Å². The summed E-state index contributed by atoms with van der Waals surface area (Å²) in [5.74, 6) is -2.77. The van der Waals surface area contributed by atoms with Crippen LogP contribution in [0.25, 0.3) is 0 Å². The van der Waals surface area contributed by atoms with Gasteiger partial charge in [-0.25, -0.2) is 4.79 Å². The van der Waals surface area contributed by atoms with Crippen molar-refractivity contribution in [3.8, 4) is 6.07 Å². The number of anilines is 1. The predicted molar refractivity (Wildman–Crippen MR) is 70.3 cm³/mol. The fourth-order valence-corrected chi connectivity index (χ4v) is 1.27. The monoisotopic (exact) mass is 268 g/mol. The molecule has 1 atom stereocenters. The Labute approximate surface area is 110 Å². The minimum absolute atomic E-state index is 0.101. The zero-order valence-electron chi connectivity index (χ0n) is 10.0. The lowest BCUT2D eigenvalue weighted by atomic mass is 10.1. The molecule has 1 aromatic carbocycles. The standard InChI is InChI=1S/C10H7FN2O2S.C2H6/c11-15-10(14)8(6-12)9(16)13-7-4-2-1-3-5-7;1-2/h1-5,8H,(H,13,16);1-2H3. The largest absolute Gasteiger partial charge is 0.372 e. The third-order valence-corrected chi connectivity index (χ3v) is 2.08. The van der Waals surface area contributed by atoms with Crippen LogP contribution in [0.1, 0.15) is 13.8 Å². The molecule has 18 heavy (non-hydrogen) atoms. The molecule has 0 aliphatic carbocycles. The molecule has 1 N–H and O–H groups in total. The topological polar surface area (TPSA) is 62.1 Å². The van der Waals surface area contributed by atoms with Crippen LogP contribution in [0.15, 0.2) is 30.3 Å². The lowest BCUT2D eigenvalue weighted by Crippen LogP contribution is -2.27. The van der Waals surface area contributed by atoms with Gasteiger partial charge in [-0.3, -0.25) is 4.94 Å². The Hall–Kier alpha value is -2.00. The fraction of sp³-hybridized carbons (Fsp3) is 0.250. The van der Waals surface area contributed by atoms with Crippen molar-refractivity contribution < 1.29 is 14.3 Å². The van der Waals surface area contributed by atoms with E-state index in [-0.39, 0.29) is 4.99 Å². The van der Waals surface area contributed by atoms with Gasteiger partial charge in [0, 0.05) is 10.2 Å². The highest BCUT2D eigenvalue weighted by Gasteiger charge is 2.25. The first-order valence-electron chi connectivity index (χ1n) is 5.27. The zero-order chi connectivity index (χ0) is 14.0. The Bertz CT molecular complexity index is 431. The summed E-state index contributed by atoms with van der Waals surface area (Å²) < 4.78 is 11.6. The van der Waals surface area contributed by atoms with E-state index in [1.54, 1.807) is 36.4 Å². The van der Waals surface area contributed by atoms with E-state index in [0.717, 1.165) is 0 Å². The van der Waals surface area contributed by atoms with Crippen LogP contribution in [0.5, 0.6) is 0 Å². The van der Waals surface area contributed by atoms with E-state index in [9.17, 15) is 9.32 Å². The number of carbonyl (C=O) groups is 1. The molecule has 0 aromatic heterocycles.